The van der Waals surface area contributed by atoms with E-state index in [2.05, 4.69) is 125 Å². The van der Waals surface area contributed by atoms with Crippen LogP contribution in [-0.4, -0.2) is 30.9 Å². The van der Waals surface area contributed by atoms with Crippen molar-refractivity contribution in [3.8, 4) is 0 Å². The number of halogens is 1. The minimum atomic E-state index is -2.02. The summed E-state index contributed by atoms with van der Waals surface area (Å²) in [5.74, 6) is 0. The second-order valence-electron chi connectivity index (χ2n) is 14.9. The average Bonchev–Trinajstić information content (AvgIpc) is 2.14. The molecule has 0 atom stereocenters. The van der Waals surface area contributed by atoms with Crippen molar-refractivity contribution in [1.82, 2.24) is 0 Å². The summed E-state index contributed by atoms with van der Waals surface area (Å²) in [6.45, 7) is 45.5. The van der Waals surface area contributed by atoms with Crippen LogP contribution in [0.1, 0.15) is 125 Å². The Kier molecular flexibility index (Phi) is 8.51. The van der Waals surface area contributed by atoms with Crippen LogP contribution in [0, 0.1) is 0 Å². The molecule has 0 spiro atoms. The normalized spacial score (nSPS) is 18.2. The predicted molar refractivity (Wildman–Crippen MR) is 141 cm³/mol. The van der Waals surface area contributed by atoms with Crippen molar-refractivity contribution in [2.75, 3.05) is 0 Å². The molecule has 0 saturated carbocycles. The van der Waals surface area contributed by atoms with Gasteiger partial charge in [0.15, 0.2) is 0 Å². The summed E-state index contributed by atoms with van der Waals surface area (Å²) in [4.78, 5) is 0. The molecule has 0 radical (unpaired) electrons. The van der Waals surface area contributed by atoms with Gasteiger partial charge in [0.2, 0.25) is 0 Å². The zero-order valence-corrected chi connectivity index (χ0v) is 27.0. The topological polar surface area (TPSA) is 0 Å². The van der Waals surface area contributed by atoms with Gasteiger partial charge in [0, 0.05) is 0 Å². The average molecular weight is 549 g/mol. The van der Waals surface area contributed by atoms with Crippen molar-refractivity contribution in [2.45, 2.75) is 156 Å². The van der Waals surface area contributed by atoms with Gasteiger partial charge >= 0.3 is 191 Å². The van der Waals surface area contributed by atoms with Gasteiger partial charge in [-0.15, -0.1) is 0 Å². The van der Waals surface area contributed by atoms with Crippen molar-refractivity contribution in [1.29, 1.82) is 0 Å². The molecule has 0 fully saturated rings. The van der Waals surface area contributed by atoms with Gasteiger partial charge < -0.3 is 0 Å². The van der Waals surface area contributed by atoms with Crippen molar-refractivity contribution in [2.24, 2.45) is 0 Å². The quantitative estimate of drug-likeness (QED) is 0.238. The third-order valence-corrected chi connectivity index (χ3v) is 60.9. The zero-order valence-electron chi connectivity index (χ0n) is 22.7. The molecule has 0 aliphatic carbocycles. The standard InChI is InChI=1S/2C12H27P.ClH.Pd/c2*1-10(2,3)13(11(4,5)6)12(7,8)9;;/h2*1-9H3;1H;/q;;;-1/p+1. The summed E-state index contributed by atoms with van der Waals surface area (Å²) in [5, 5.41) is 1.54. The number of hydrogen-bond acceptors (Lipinski definition) is 0. The molecule has 0 rings (SSSR count). The number of hydrogen-bond donors (Lipinski definition) is 0. The summed E-state index contributed by atoms with van der Waals surface area (Å²) in [5.41, 5.74) is -4.05. The maximum absolute atomic E-state index is 8.27. The van der Waals surface area contributed by atoms with E-state index < -0.39 is 25.6 Å². The molecule has 0 N–H and O–H groups in total. The zero-order chi connectivity index (χ0) is 23.6. The molecule has 0 amide bonds. The minimum absolute atomic E-state index is 0.256. The van der Waals surface area contributed by atoms with Crippen LogP contribution in [0.3, 0.4) is 0 Å². The summed E-state index contributed by atoms with van der Waals surface area (Å²) in [7, 11) is 8.27. The molecule has 0 unspecified atom stereocenters. The summed E-state index contributed by atoms with van der Waals surface area (Å²) < 4.78 is 0. The molecule has 0 nitrogen and oxygen atoms in total. The number of rotatable bonds is 2. The van der Waals surface area contributed by atoms with E-state index in [0.717, 1.165) is 0 Å². The molecule has 0 aromatic heterocycles. The molecule has 28 heavy (non-hydrogen) atoms. The van der Waals surface area contributed by atoms with Crippen LogP contribution in [0.4, 0.5) is 0 Å². The summed E-state index contributed by atoms with van der Waals surface area (Å²) in [6.07, 6.45) is 0. The molecular weight excluding hydrogens is 492 g/mol. The molecular formula is C24H56ClP2Pd. The van der Waals surface area contributed by atoms with Gasteiger partial charge in [0.25, 0.3) is 0 Å². The van der Waals surface area contributed by atoms with E-state index in [4.69, 9.17) is 9.53 Å². The maximum atomic E-state index is 8.27. The van der Waals surface area contributed by atoms with Crippen LogP contribution in [0.2, 0.25) is 0 Å². The summed E-state index contributed by atoms with van der Waals surface area (Å²) >= 11 is -1.39. The van der Waals surface area contributed by atoms with Crippen LogP contribution in [0.5, 0.6) is 0 Å². The van der Waals surface area contributed by atoms with Crippen LogP contribution in [0.25, 0.3) is 0 Å². The third-order valence-electron chi connectivity index (χ3n) is 6.34. The molecule has 0 bridgehead atoms. The first-order valence-corrected chi connectivity index (χ1v) is 21.2. The molecule has 0 aliphatic heterocycles. The first kappa shape index (κ1) is 29.8. The van der Waals surface area contributed by atoms with Crippen molar-refractivity contribution >= 4 is 20.4 Å². The van der Waals surface area contributed by atoms with Crippen molar-refractivity contribution in [3.63, 3.8) is 0 Å². The Morgan fingerprint density at radius 1 is 0.357 bits per heavy atom. The Hall–Kier alpha value is 1.81. The predicted octanol–water partition coefficient (Wildman–Crippen LogP) is 9.88. The second kappa shape index (κ2) is 7.99. The Bertz CT molecular complexity index is 418. The molecule has 0 aliphatic rings. The first-order valence-electron chi connectivity index (χ1n) is 10.9. The SMILES string of the molecule is CC(C)(C)[PH]([Pd]([Cl])[PH](C(C)(C)C)(C(C)(C)C)C(C)(C)C)(C(C)(C)C)C(C)(C)C. The van der Waals surface area contributed by atoms with Gasteiger partial charge in [0.1, 0.15) is 0 Å². The third kappa shape index (κ3) is 4.35. The van der Waals surface area contributed by atoms with E-state index in [1.54, 1.807) is 0 Å². The van der Waals surface area contributed by atoms with Gasteiger partial charge in [-0.2, -0.15) is 0 Å². The molecule has 179 valence electrons. The van der Waals surface area contributed by atoms with Gasteiger partial charge in [0.05, 0.1) is 0 Å². The van der Waals surface area contributed by atoms with Crippen molar-refractivity contribution < 1.29 is 14.7 Å². The van der Waals surface area contributed by atoms with Gasteiger partial charge in [-0.25, -0.2) is 0 Å². The molecule has 4 heteroatoms. The molecule has 0 aromatic carbocycles. The van der Waals surface area contributed by atoms with Gasteiger partial charge in [-0.3, -0.25) is 0 Å². The van der Waals surface area contributed by atoms with E-state index in [1.165, 1.54) is 0 Å². The van der Waals surface area contributed by atoms with Crippen LogP contribution < -0.4 is 0 Å². The fraction of sp³-hybridized carbons (Fsp3) is 1.00. The van der Waals surface area contributed by atoms with Crippen molar-refractivity contribution in [3.05, 3.63) is 0 Å². The Labute approximate surface area is 190 Å². The van der Waals surface area contributed by atoms with Crippen LogP contribution in [-0.2, 0) is 14.7 Å². The van der Waals surface area contributed by atoms with E-state index in [9.17, 15) is 0 Å². The summed E-state index contributed by atoms with van der Waals surface area (Å²) in [6, 6.07) is 0. The van der Waals surface area contributed by atoms with E-state index in [1.807, 2.05) is 0 Å². The van der Waals surface area contributed by atoms with Crippen LogP contribution >= 0.6 is 20.4 Å². The molecule has 0 aromatic rings. The van der Waals surface area contributed by atoms with E-state index >= 15 is 0 Å². The molecule has 0 saturated heterocycles. The molecule has 0 heterocycles. The Morgan fingerprint density at radius 3 is 0.536 bits per heavy atom. The fourth-order valence-electron chi connectivity index (χ4n) is 8.18. The van der Waals surface area contributed by atoms with E-state index in [0.29, 0.717) is 0 Å². The Morgan fingerprint density at radius 2 is 0.464 bits per heavy atom. The van der Waals surface area contributed by atoms with Crippen LogP contribution in [0.15, 0.2) is 0 Å². The first-order chi connectivity index (χ1) is 11.7. The Balaban J connectivity index is 7.83. The fourth-order valence-corrected chi connectivity index (χ4v) is 96.2. The monoisotopic (exact) mass is 547 g/mol. The second-order valence-corrected chi connectivity index (χ2v) is 43.7. The van der Waals surface area contributed by atoms with Gasteiger partial charge in [-0.1, -0.05) is 0 Å². The van der Waals surface area contributed by atoms with Gasteiger partial charge in [-0.05, 0) is 0 Å². The van der Waals surface area contributed by atoms with E-state index in [-0.39, 0.29) is 30.9 Å².